The van der Waals surface area contributed by atoms with Crippen molar-refractivity contribution >= 4 is 20.2 Å². The van der Waals surface area contributed by atoms with Crippen LogP contribution in [0.3, 0.4) is 0 Å². The summed E-state index contributed by atoms with van der Waals surface area (Å²) in [6, 6.07) is 11.9. The van der Waals surface area contributed by atoms with Crippen LogP contribution in [0.15, 0.2) is 48.5 Å². The lowest BCUT2D eigenvalue weighted by Gasteiger charge is -2.22. The Balaban J connectivity index is 1.79. The number of hydrogen-bond donors (Lipinski definition) is 0. The first-order chi connectivity index (χ1) is 10.4. The van der Waals surface area contributed by atoms with Crippen LogP contribution in [0.25, 0.3) is 0 Å². The van der Waals surface area contributed by atoms with Crippen molar-refractivity contribution in [3.05, 3.63) is 59.1 Å². The Morgan fingerprint density at radius 1 is 0.955 bits per heavy atom. The molecule has 3 nitrogen and oxygen atoms in total. The van der Waals surface area contributed by atoms with Gasteiger partial charge in [-0.15, -0.1) is 0 Å². The van der Waals surface area contributed by atoms with Crippen LogP contribution >= 0.6 is 20.2 Å². The average molecular weight is 349 g/mol. The van der Waals surface area contributed by atoms with E-state index in [9.17, 15) is 13.2 Å². The summed E-state index contributed by atoms with van der Waals surface area (Å²) in [6.07, 6.45) is -6.75. The first-order valence-corrected chi connectivity index (χ1v) is 7.65. The van der Waals surface area contributed by atoms with E-state index in [-0.39, 0.29) is 5.56 Å². The average Bonchev–Trinajstić information content (AvgIpc) is 2.87. The van der Waals surface area contributed by atoms with E-state index in [1.165, 1.54) is 24.3 Å². The summed E-state index contributed by atoms with van der Waals surface area (Å²) < 4.78 is 55.3. The molecular formula is C14H9ClF3O3P. The van der Waals surface area contributed by atoms with E-state index in [0.717, 1.165) is 0 Å². The smallest absolute Gasteiger partial charge is 0.414 e. The molecule has 1 aliphatic rings. The third kappa shape index (κ3) is 3.29. The molecule has 0 fully saturated rings. The van der Waals surface area contributed by atoms with Crippen molar-refractivity contribution in [3.63, 3.8) is 0 Å². The Morgan fingerprint density at radius 2 is 1.50 bits per heavy atom. The molecule has 0 aliphatic carbocycles. The lowest BCUT2D eigenvalue weighted by molar-refractivity contribution is -0.198. The van der Waals surface area contributed by atoms with E-state index in [2.05, 4.69) is 0 Å². The zero-order chi connectivity index (χ0) is 15.7. The second-order valence-electron chi connectivity index (χ2n) is 4.43. The summed E-state index contributed by atoms with van der Waals surface area (Å²) in [5.74, 6) is 0.733. The fraction of sp³-hybridized carbons (Fsp3) is 0.143. The number of rotatable bonds is 3. The van der Waals surface area contributed by atoms with E-state index >= 15 is 0 Å². The normalized spacial score (nSPS) is 15.8. The van der Waals surface area contributed by atoms with E-state index in [0.29, 0.717) is 16.5 Å². The van der Waals surface area contributed by atoms with Gasteiger partial charge in [-0.05, 0) is 29.8 Å². The monoisotopic (exact) mass is 348 g/mol. The highest BCUT2D eigenvalue weighted by atomic mass is 35.5. The van der Waals surface area contributed by atoms with E-state index in [4.69, 9.17) is 25.2 Å². The lowest BCUT2D eigenvalue weighted by atomic mass is 10.1. The summed E-state index contributed by atoms with van der Waals surface area (Å²) >= 11 is 5.69. The number of alkyl halides is 3. The van der Waals surface area contributed by atoms with Gasteiger partial charge in [-0.25, -0.2) is 0 Å². The molecule has 22 heavy (non-hydrogen) atoms. The first-order valence-electron chi connectivity index (χ1n) is 6.17. The summed E-state index contributed by atoms with van der Waals surface area (Å²) in [5, 5.41) is 0.344. The Kier molecular flexibility index (Phi) is 4.17. The highest BCUT2D eigenvalue weighted by Crippen LogP contribution is 2.56. The minimum atomic E-state index is -4.60. The zero-order valence-electron chi connectivity index (χ0n) is 10.9. The van der Waals surface area contributed by atoms with Gasteiger partial charge in [-0.2, -0.15) is 13.2 Å². The second-order valence-corrected chi connectivity index (χ2v) is 5.89. The van der Waals surface area contributed by atoms with Crippen molar-refractivity contribution in [2.24, 2.45) is 0 Å². The molecule has 0 radical (unpaired) electrons. The maximum absolute atomic E-state index is 13.2. The van der Waals surface area contributed by atoms with Gasteiger partial charge in [0, 0.05) is 5.02 Å². The van der Waals surface area contributed by atoms with Crippen molar-refractivity contribution in [2.45, 2.75) is 12.3 Å². The summed E-state index contributed by atoms with van der Waals surface area (Å²) in [5.41, 5.74) is -0.0671. The summed E-state index contributed by atoms with van der Waals surface area (Å²) in [4.78, 5) is 0. The van der Waals surface area contributed by atoms with Crippen LogP contribution in [-0.4, -0.2) is 6.18 Å². The van der Waals surface area contributed by atoms with Crippen molar-refractivity contribution in [1.29, 1.82) is 0 Å². The van der Waals surface area contributed by atoms with Gasteiger partial charge in [0.25, 0.3) is 0 Å². The van der Waals surface area contributed by atoms with Crippen LogP contribution in [0.4, 0.5) is 13.2 Å². The number of hydrogen-bond acceptors (Lipinski definition) is 3. The highest BCUT2D eigenvalue weighted by Gasteiger charge is 2.46. The predicted molar refractivity (Wildman–Crippen MR) is 76.0 cm³/mol. The van der Waals surface area contributed by atoms with Gasteiger partial charge in [-0.3, -0.25) is 4.52 Å². The topological polar surface area (TPSA) is 27.7 Å². The molecule has 3 rings (SSSR count). The minimum absolute atomic E-state index is 0.0671. The Bertz CT molecular complexity index is 638. The van der Waals surface area contributed by atoms with Crippen LogP contribution in [0, 0.1) is 0 Å². The Hall–Kier alpha value is -1.49. The molecule has 8 heteroatoms. The second kappa shape index (κ2) is 5.95. The van der Waals surface area contributed by atoms with E-state index < -0.39 is 20.9 Å². The molecule has 2 aromatic rings. The quantitative estimate of drug-likeness (QED) is 0.670. The van der Waals surface area contributed by atoms with Gasteiger partial charge < -0.3 is 9.05 Å². The van der Waals surface area contributed by atoms with Crippen LogP contribution < -0.4 is 9.05 Å². The van der Waals surface area contributed by atoms with Crippen LogP contribution in [0.2, 0.25) is 5.02 Å². The molecule has 1 heterocycles. The van der Waals surface area contributed by atoms with E-state index in [1.54, 1.807) is 24.3 Å². The molecule has 0 aromatic heterocycles. The standard InChI is InChI=1S/C14H9ClF3O3P/c15-10-7-5-9(6-8-10)13(14(16,17)18)21-22-19-11-3-1-2-4-12(11)20-22/h1-8,13H. The Morgan fingerprint density at radius 3 is 2.00 bits per heavy atom. The van der Waals surface area contributed by atoms with Gasteiger partial charge in [0.1, 0.15) is 0 Å². The molecule has 0 spiro atoms. The van der Waals surface area contributed by atoms with Crippen LogP contribution in [-0.2, 0) is 4.52 Å². The van der Waals surface area contributed by atoms with Crippen molar-refractivity contribution in [1.82, 2.24) is 0 Å². The molecule has 1 atom stereocenters. The third-order valence-electron chi connectivity index (χ3n) is 2.86. The molecule has 0 saturated carbocycles. The van der Waals surface area contributed by atoms with Gasteiger partial charge in [0.05, 0.1) is 0 Å². The molecule has 0 bridgehead atoms. The Labute approximate surface area is 130 Å². The summed E-state index contributed by atoms with van der Waals surface area (Å²) in [6.45, 7) is 0. The van der Waals surface area contributed by atoms with Crippen molar-refractivity contribution in [2.75, 3.05) is 0 Å². The third-order valence-corrected chi connectivity index (χ3v) is 4.18. The zero-order valence-corrected chi connectivity index (χ0v) is 12.5. The van der Waals surface area contributed by atoms with Gasteiger partial charge in [0.2, 0.25) is 0 Å². The molecule has 0 N–H and O–H groups in total. The molecule has 1 unspecified atom stereocenters. The SMILES string of the molecule is FC(F)(F)C(OP1Oc2ccccc2O1)c1ccc(Cl)cc1. The van der Waals surface area contributed by atoms with Crippen molar-refractivity contribution in [3.8, 4) is 11.5 Å². The number of fused-ring (bicyclic) bond motifs is 1. The molecule has 0 amide bonds. The molecule has 0 saturated heterocycles. The number of benzene rings is 2. The fourth-order valence-electron chi connectivity index (χ4n) is 1.86. The molecule has 1 aliphatic heterocycles. The van der Waals surface area contributed by atoms with Gasteiger partial charge in [0.15, 0.2) is 17.6 Å². The van der Waals surface area contributed by atoms with E-state index in [1.807, 2.05) is 0 Å². The first kappa shape index (κ1) is 15.4. The number of halogens is 4. The highest BCUT2D eigenvalue weighted by molar-refractivity contribution is 7.43. The predicted octanol–water partition coefficient (Wildman–Crippen LogP) is 5.66. The largest absolute Gasteiger partial charge is 0.464 e. The molecule has 2 aromatic carbocycles. The minimum Gasteiger partial charge on any atom is -0.414 e. The maximum atomic E-state index is 13.2. The van der Waals surface area contributed by atoms with Gasteiger partial charge in [-0.1, -0.05) is 35.9 Å². The van der Waals surface area contributed by atoms with Gasteiger partial charge >= 0.3 is 14.8 Å². The fourth-order valence-corrected chi connectivity index (χ4v) is 3.14. The molecule has 116 valence electrons. The van der Waals surface area contributed by atoms with Crippen LogP contribution in [0.5, 0.6) is 11.5 Å². The maximum Gasteiger partial charge on any atom is 0.464 e. The van der Waals surface area contributed by atoms with Crippen LogP contribution in [0.1, 0.15) is 11.7 Å². The lowest BCUT2D eigenvalue weighted by Crippen LogP contribution is -2.22. The summed E-state index contributed by atoms with van der Waals surface area (Å²) in [7, 11) is -2.16. The number of para-hydroxylation sites is 2. The van der Waals surface area contributed by atoms with Crippen molar-refractivity contribution < 1.29 is 26.7 Å². The molecular weight excluding hydrogens is 340 g/mol.